The third kappa shape index (κ3) is 3.90. The second-order valence-corrected chi connectivity index (χ2v) is 4.54. The Morgan fingerprint density at radius 3 is 2.29 bits per heavy atom. The predicted octanol–water partition coefficient (Wildman–Crippen LogP) is 2.20. The smallest absolute Gasteiger partial charge is 0.0295 e. The molecule has 0 fully saturated rings. The number of nitrogens with two attached hydrogens (primary N) is 2. The molecular weight excluding hydrogens is 172 g/mol. The Labute approximate surface area is 86.3 Å². The summed E-state index contributed by atoms with van der Waals surface area (Å²) in [4.78, 5) is 0. The van der Waals surface area contributed by atoms with E-state index >= 15 is 0 Å². The van der Waals surface area contributed by atoms with E-state index in [1.165, 1.54) is 5.56 Å². The second-order valence-electron chi connectivity index (χ2n) is 4.54. The molecule has 0 saturated carbocycles. The van der Waals surface area contributed by atoms with Gasteiger partial charge in [-0.1, -0.05) is 30.3 Å². The van der Waals surface area contributed by atoms with E-state index in [4.69, 9.17) is 11.5 Å². The normalized spacial score (nSPS) is 14.0. The van der Waals surface area contributed by atoms with Gasteiger partial charge in [-0.15, -0.1) is 0 Å². The van der Waals surface area contributed by atoms with Crippen LogP contribution in [-0.2, 0) is 0 Å². The minimum Gasteiger partial charge on any atom is -0.326 e. The van der Waals surface area contributed by atoms with Crippen LogP contribution in [-0.4, -0.2) is 5.54 Å². The van der Waals surface area contributed by atoms with Crippen LogP contribution in [0.5, 0.6) is 0 Å². The number of benzene rings is 1. The molecule has 1 aromatic carbocycles. The molecule has 14 heavy (non-hydrogen) atoms. The molecule has 0 spiro atoms. The van der Waals surface area contributed by atoms with E-state index in [1.54, 1.807) is 0 Å². The summed E-state index contributed by atoms with van der Waals surface area (Å²) in [5.41, 5.74) is 13.0. The van der Waals surface area contributed by atoms with Gasteiger partial charge in [0.2, 0.25) is 0 Å². The van der Waals surface area contributed by atoms with E-state index in [1.807, 2.05) is 32.0 Å². The van der Waals surface area contributed by atoms with Crippen LogP contribution in [0.1, 0.15) is 38.3 Å². The molecule has 0 aromatic heterocycles. The Bertz CT molecular complexity index is 261. The molecule has 0 bridgehead atoms. The van der Waals surface area contributed by atoms with Gasteiger partial charge < -0.3 is 11.5 Å². The fourth-order valence-electron chi connectivity index (χ4n) is 1.39. The van der Waals surface area contributed by atoms with Crippen LogP contribution < -0.4 is 11.5 Å². The number of hydrogen-bond acceptors (Lipinski definition) is 2. The van der Waals surface area contributed by atoms with Crippen molar-refractivity contribution in [1.29, 1.82) is 0 Å². The molecule has 2 nitrogen and oxygen atoms in total. The summed E-state index contributed by atoms with van der Waals surface area (Å²) in [6.07, 6.45) is 1.89. The van der Waals surface area contributed by atoms with E-state index in [0.717, 1.165) is 12.8 Å². The van der Waals surface area contributed by atoms with Gasteiger partial charge >= 0.3 is 0 Å². The van der Waals surface area contributed by atoms with Crippen LogP contribution in [0.15, 0.2) is 30.3 Å². The van der Waals surface area contributed by atoms with Gasteiger partial charge in [0, 0.05) is 11.6 Å². The van der Waals surface area contributed by atoms with E-state index < -0.39 is 0 Å². The summed E-state index contributed by atoms with van der Waals surface area (Å²) < 4.78 is 0. The van der Waals surface area contributed by atoms with Crippen LogP contribution >= 0.6 is 0 Å². The Kier molecular flexibility index (Phi) is 3.67. The molecule has 0 saturated heterocycles. The quantitative estimate of drug-likeness (QED) is 0.768. The standard InChI is InChI=1S/C12H20N2/c1-12(2,14)9-8-11(13)10-6-4-3-5-7-10/h3-7,11H,8-9,13-14H2,1-2H3. The van der Waals surface area contributed by atoms with Gasteiger partial charge in [0.15, 0.2) is 0 Å². The lowest BCUT2D eigenvalue weighted by Gasteiger charge is -2.21. The van der Waals surface area contributed by atoms with Crippen molar-refractivity contribution in [2.24, 2.45) is 11.5 Å². The van der Waals surface area contributed by atoms with Gasteiger partial charge in [-0.05, 0) is 32.3 Å². The molecule has 1 rings (SSSR count). The van der Waals surface area contributed by atoms with Gasteiger partial charge in [0.05, 0.1) is 0 Å². The molecule has 4 N–H and O–H groups in total. The zero-order valence-electron chi connectivity index (χ0n) is 9.03. The second kappa shape index (κ2) is 4.58. The highest BCUT2D eigenvalue weighted by Gasteiger charge is 2.13. The highest BCUT2D eigenvalue weighted by atomic mass is 14.7. The highest BCUT2D eigenvalue weighted by Crippen LogP contribution is 2.18. The molecule has 78 valence electrons. The summed E-state index contributed by atoms with van der Waals surface area (Å²) in [5.74, 6) is 0. The summed E-state index contributed by atoms with van der Waals surface area (Å²) in [5, 5.41) is 0. The van der Waals surface area contributed by atoms with E-state index in [9.17, 15) is 0 Å². The highest BCUT2D eigenvalue weighted by molar-refractivity contribution is 5.18. The zero-order chi connectivity index (χ0) is 10.6. The average molecular weight is 192 g/mol. The lowest BCUT2D eigenvalue weighted by atomic mass is 9.94. The monoisotopic (exact) mass is 192 g/mol. The number of hydrogen-bond donors (Lipinski definition) is 2. The van der Waals surface area contributed by atoms with Crippen LogP contribution in [0.4, 0.5) is 0 Å². The maximum Gasteiger partial charge on any atom is 0.0295 e. The Morgan fingerprint density at radius 2 is 1.79 bits per heavy atom. The lowest BCUT2D eigenvalue weighted by Crippen LogP contribution is -2.32. The zero-order valence-corrected chi connectivity index (χ0v) is 9.03. The van der Waals surface area contributed by atoms with Gasteiger partial charge in [-0.2, -0.15) is 0 Å². The third-order valence-corrected chi connectivity index (χ3v) is 2.33. The van der Waals surface area contributed by atoms with Crippen molar-refractivity contribution in [3.8, 4) is 0 Å². The van der Waals surface area contributed by atoms with E-state index in [-0.39, 0.29) is 11.6 Å². The average Bonchev–Trinajstić information content (AvgIpc) is 2.14. The molecule has 2 heteroatoms. The summed E-state index contributed by atoms with van der Waals surface area (Å²) in [6.45, 7) is 4.06. The van der Waals surface area contributed by atoms with Crippen molar-refractivity contribution in [1.82, 2.24) is 0 Å². The van der Waals surface area contributed by atoms with Gasteiger partial charge in [-0.3, -0.25) is 0 Å². The minimum absolute atomic E-state index is 0.110. The van der Waals surface area contributed by atoms with E-state index in [2.05, 4.69) is 12.1 Å². The van der Waals surface area contributed by atoms with Crippen LogP contribution in [0.3, 0.4) is 0 Å². The van der Waals surface area contributed by atoms with Gasteiger partial charge in [0.1, 0.15) is 0 Å². The Hall–Kier alpha value is -0.860. The lowest BCUT2D eigenvalue weighted by molar-refractivity contribution is 0.433. The van der Waals surface area contributed by atoms with Crippen molar-refractivity contribution in [3.63, 3.8) is 0 Å². The van der Waals surface area contributed by atoms with Crippen molar-refractivity contribution < 1.29 is 0 Å². The Morgan fingerprint density at radius 1 is 1.21 bits per heavy atom. The van der Waals surface area contributed by atoms with Crippen molar-refractivity contribution in [2.75, 3.05) is 0 Å². The molecule has 1 aromatic rings. The first-order valence-electron chi connectivity index (χ1n) is 5.08. The van der Waals surface area contributed by atoms with E-state index in [0.29, 0.717) is 0 Å². The van der Waals surface area contributed by atoms with Crippen LogP contribution in [0.25, 0.3) is 0 Å². The predicted molar refractivity (Wildman–Crippen MR) is 60.9 cm³/mol. The van der Waals surface area contributed by atoms with Crippen molar-refractivity contribution >= 4 is 0 Å². The molecule has 0 radical (unpaired) electrons. The molecule has 0 heterocycles. The summed E-state index contributed by atoms with van der Waals surface area (Å²) >= 11 is 0. The molecule has 0 amide bonds. The number of rotatable bonds is 4. The SMILES string of the molecule is CC(C)(N)CCC(N)c1ccccc1. The topological polar surface area (TPSA) is 52.0 Å². The van der Waals surface area contributed by atoms with Crippen LogP contribution in [0.2, 0.25) is 0 Å². The Balaban J connectivity index is 2.48. The summed E-state index contributed by atoms with van der Waals surface area (Å²) in [7, 11) is 0. The fourth-order valence-corrected chi connectivity index (χ4v) is 1.39. The molecule has 0 aliphatic heterocycles. The molecule has 1 unspecified atom stereocenters. The first-order chi connectivity index (χ1) is 6.49. The molecular formula is C12H20N2. The molecule has 1 atom stereocenters. The van der Waals surface area contributed by atoms with Gasteiger partial charge in [0.25, 0.3) is 0 Å². The first kappa shape index (κ1) is 11.2. The van der Waals surface area contributed by atoms with Crippen LogP contribution in [0, 0.1) is 0 Å². The largest absolute Gasteiger partial charge is 0.326 e. The summed E-state index contributed by atoms with van der Waals surface area (Å²) in [6, 6.07) is 10.3. The first-order valence-corrected chi connectivity index (χ1v) is 5.08. The fraction of sp³-hybridized carbons (Fsp3) is 0.500. The minimum atomic E-state index is -0.119. The molecule has 0 aliphatic rings. The van der Waals surface area contributed by atoms with Gasteiger partial charge in [-0.25, -0.2) is 0 Å². The molecule has 0 aliphatic carbocycles. The maximum atomic E-state index is 6.05. The third-order valence-electron chi connectivity index (χ3n) is 2.33. The van der Waals surface area contributed by atoms with Crippen molar-refractivity contribution in [3.05, 3.63) is 35.9 Å². The van der Waals surface area contributed by atoms with Crippen molar-refractivity contribution in [2.45, 2.75) is 38.3 Å². The maximum absolute atomic E-state index is 6.05.